The summed E-state index contributed by atoms with van der Waals surface area (Å²) in [7, 11) is 1.92. The van der Waals surface area contributed by atoms with E-state index in [4.69, 9.17) is 11.6 Å². The molecule has 1 unspecified atom stereocenters. The van der Waals surface area contributed by atoms with E-state index < -0.39 is 5.82 Å². The second-order valence-electron chi connectivity index (χ2n) is 5.94. The van der Waals surface area contributed by atoms with Crippen LogP contribution in [0.4, 0.5) is 10.1 Å². The Labute approximate surface area is 154 Å². The number of amides is 1. The molecule has 25 heavy (non-hydrogen) atoms. The molecule has 1 aromatic heterocycles. The molecule has 0 fully saturated rings. The van der Waals surface area contributed by atoms with E-state index in [9.17, 15) is 9.18 Å². The van der Waals surface area contributed by atoms with Crippen LogP contribution in [0.15, 0.2) is 42.5 Å². The van der Waals surface area contributed by atoms with E-state index >= 15 is 0 Å². The number of benzene rings is 2. The number of aromatic nitrogens is 1. The Bertz CT molecular complexity index is 881. The predicted octanol–water partition coefficient (Wildman–Crippen LogP) is 3.30. The van der Waals surface area contributed by atoms with Crippen molar-refractivity contribution in [3.05, 3.63) is 58.3 Å². The number of fused-ring (bicyclic) bond motifs is 1. The number of para-hydroxylation sites is 1. The third kappa shape index (κ3) is 4.15. The first-order valence-electron chi connectivity index (χ1n) is 7.86. The van der Waals surface area contributed by atoms with Crippen molar-refractivity contribution in [2.75, 3.05) is 18.9 Å². The average Bonchev–Trinajstić information content (AvgIpc) is 3.01. The maximum Gasteiger partial charge on any atom is 0.279 e. The topological polar surface area (TPSA) is 46.4 Å². The highest BCUT2D eigenvalue weighted by atomic mass is 35.5. The van der Waals surface area contributed by atoms with Gasteiger partial charge in [0.2, 0.25) is 0 Å². The Kier molecular flexibility index (Phi) is 5.32. The summed E-state index contributed by atoms with van der Waals surface area (Å²) in [6.07, 6.45) is 0. The minimum Gasteiger partial charge on any atom is -0.322 e. The number of nitrogens with one attached hydrogen (secondary N) is 2. The lowest BCUT2D eigenvalue weighted by Gasteiger charge is -2.19. The van der Waals surface area contributed by atoms with Crippen molar-refractivity contribution in [3.8, 4) is 0 Å². The van der Waals surface area contributed by atoms with Crippen molar-refractivity contribution < 1.29 is 14.1 Å². The molecule has 2 N–H and O–H groups in total. The summed E-state index contributed by atoms with van der Waals surface area (Å²) in [5.41, 5.74) is 1.06. The third-order valence-corrected chi connectivity index (χ3v) is 5.52. The summed E-state index contributed by atoms with van der Waals surface area (Å²) >= 11 is 7.47. The number of hydrogen-bond donors (Lipinski definition) is 2. The highest BCUT2D eigenvalue weighted by Crippen LogP contribution is 2.24. The van der Waals surface area contributed by atoms with Crippen molar-refractivity contribution in [2.24, 2.45) is 0 Å². The van der Waals surface area contributed by atoms with Crippen molar-refractivity contribution in [2.45, 2.75) is 13.0 Å². The molecule has 0 saturated heterocycles. The Morgan fingerprint density at radius 2 is 2.12 bits per heavy atom. The van der Waals surface area contributed by atoms with Gasteiger partial charge in [0.05, 0.1) is 23.0 Å². The first-order chi connectivity index (χ1) is 11.9. The zero-order valence-corrected chi connectivity index (χ0v) is 15.4. The van der Waals surface area contributed by atoms with Crippen LogP contribution in [-0.2, 0) is 4.79 Å². The van der Waals surface area contributed by atoms with E-state index in [1.165, 1.54) is 18.2 Å². The van der Waals surface area contributed by atoms with Crippen molar-refractivity contribution in [3.63, 3.8) is 0 Å². The minimum absolute atomic E-state index is 0.0485. The average molecular weight is 379 g/mol. The molecular formula is C18H18ClFN3OS+. The van der Waals surface area contributed by atoms with Crippen LogP contribution in [0, 0.1) is 5.82 Å². The fraction of sp³-hybridized carbons (Fsp3) is 0.222. The summed E-state index contributed by atoms with van der Waals surface area (Å²) < 4.78 is 14.8. The molecular weight excluding hydrogens is 361 g/mol. The molecule has 1 amide bonds. The number of nitrogens with zero attached hydrogens (tertiary/aromatic N) is 1. The standard InChI is InChI=1S/C18H17ClFN3OS/c1-11(18-22-14-5-3-4-6-16(14)25-18)23(2)10-17(24)21-15-9-12(19)7-8-13(15)20/h3-9,11H,10H2,1-2H3,(H,21,24)/p+1/t11-/m0/s1. The molecule has 1 heterocycles. The Balaban J connectivity index is 1.67. The van der Waals surface area contributed by atoms with Crippen LogP contribution in [0.3, 0.4) is 0 Å². The lowest BCUT2D eigenvalue weighted by atomic mass is 10.3. The summed E-state index contributed by atoms with van der Waals surface area (Å²) in [4.78, 5) is 17.8. The van der Waals surface area contributed by atoms with E-state index in [1.54, 1.807) is 11.3 Å². The highest BCUT2D eigenvalue weighted by Gasteiger charge is 2.22. The van der Waals surface area contributed by atoms with E-state index in [0.717, 1.165) is 20.1 Å². The molecule has 0 bridgehead atoms. The molecule has 0 aliphatic rings. The Hall–Kier alpha value is -2.02. The number of hydrogen-bond acceptors (Lipinski definition) is 3. The number of likely N-dealkylation sites (N-methyl/N-ethyl adjacent to an activating group) is 1. The van der Waals surface area contributed by atoms with Gasteiger partial charge >= 0.3 is 0 Å². The zero-order valence-electron chi connectivity index (χ0n) is 13.8. The molecule has 2 aromatic carbocycles. The van der Waals surface area contributed by atoms with Crippen molar-refractivity contribution in [1.29, 1.82) is 0 Å². The maximum atomic E-state index is 13.7. The van der Waals surface area contributed by atoms with Crippen LogP contribution in [0.5, 0.6) is 0 Å². The van der Waals surface area contributed by atoms with Gasteiger partial charge in [-0.05, 0) is 37.3 Å². The summed E-state index contributed by atoms with van der Waals surface area (Å²) in [6, 6.07) is 12.1. The lowest BCUT2D eigenvalue weighted by molar-refractivity contribution is -0.902. The molecule has 7 heteroatoms. The van der Waals surface area contributed by atoms with Crippen LogP contribution in [0.1, 0.15) is 18.0 Å². The molecule has 0 aliphatic heterocycles. The molecule has 0 radical (unpaired) electrons. The summed E-state index contributed by atoms with van der Waals surface area (Å²) in [5.74, 6) is -0.777. The predicted molar refractivity (Wildman–Crippen MR) is 99.8 cm³/mol. The van der Waals surface area contributed by atoms with E-state index in [2.05, 4.69) is 10.3 Å². The number of quaternary nitrogens is 1. The number of carbonyl (C=O) groups excluding carboxylic acids is 1. The lowest BCUT2D eigenvalue weighted by Crippen LogP contribution is -3.10. The van der Waals surface area contributed by atoms with Gasteiger partial charge in [0.15, 0.2) is 11.6 Å². The van der Waals surface area contributed by atoms with Gasteiger partial charge in [0.25, 0.3) is 5.91 Å². The van der Waals surface area contributed by atoms with Crippen LogP contribution in [0.2, 0.25) is 5.02 Å². The fourth-order valence-corrected chi connectivity index (χ4v) is 3.76. The maximum absolute atomic E-state index is 13.7. The van der Waals surface area contributed by atoms with Crippen LogP contribution < -0.4 is 10.2 Å². The molecule has 130 valence electrons. The summed E-state index contributed by atoms with van der Waals surface area (Å²) in [5, 5.41) is 3.93. The van der Waals surface area contributed by atoms with Gasteiger partial charge in [-0.15, -0.1) is 11.3 Å². The number of anilines is 1. The minimum atomic E-state index is -0.505. The van der Waals surface area contributed by atoms with Gasteiger partial charge in [-0.25, -0.2) is 9.37 Å². The molecule has 3 aromatic rings. The van der Waals surface area contributed by atoms with Crippen LogP contribution in [-0.4, -0.2) is 24.5 Å². The Morgan fingerprint density at radius 1 is 1.36 bits per heavy atom. The van der Waals surface area contributed by atoms with E-state index in [-0.39, 0.29) is 24.2 Å². The second-order valence-corrected chi connectivity index (χ2v) is 7.44. The molecule has 0 aliphatic carbocycles. The quantitative estimate of drug-likeness (QED) is 0.715. The first kappa shape index (κ1) is 17.8. The van der Waals surface area contributed by atoms with Gasteiger partial charge in [-0.3, -0.25) is 4.79 Å². The zero-order chi connectivity index (χ0) is 18.0. The number of rotatable bonds is 5. The molecule has 4 nitrogen and oxygen atoms in total. The number of halogens is 2. The van der Waals surface area contributed by atoms with Gasteiger partial charge in [0.1, 0.15) is 11.9 Å². The molecule has 3 rings (SSSR count). The van der Waals surface area contributed by atoms with E-state index in [0.29, 0.717) is 5.02 Å². The smallest absolute Gasteiger partial charge is 0.279 e. The van der Waals surface area contributed by atoms with Crippen LogP contribution >= 0.6 is 22.9 Å². The first-order valence-corrected chi connectivity index (χ1v) is 9.06. The molecule has 0 spiro atoms. The second kappa shape index (κ2) is 7.47. The highest BCUT2D eigenvalue weighted by molar-refractivity contribution is 7.18. The van der Waals surface area contributed by atoms with E-state index in [1.807, 2.05) is 38.2 Å². The van der Waals surface area contributed by atoms with Crippen LogP contribution in [0.25, 0.3) is 10.2 Å². The Morgan fingerprint density at radius 3 is 2.88 bits per heavy atom. The normalized spacial score (nSPS) is 13.6. The SMILES string of the molecule is C[C@@H](c1nc2ccccc2s1)[NH+](C)CC(=O)Nc1cc(Cl)ccc1F. The van der Waals surface area contributed by atoms with Gasteiger partial charge in [-0.2, -0.15) is 0 Å². The van der Waals surface area contributed by atoms with Gasteiger partial charge < -0.3 is 10.2 Å². The molecule has 2 atom stereocenters. The summed E-state index contributed by atoms with van der Waals surface area (Å²) in [6.45, 7) is 2.23. The molecule has 0 saturated carbocycles. The monoisotopic (exact) mass is 378 g/mol. The number of carbonyl (C=O) groups is 1. The largest absolute Gasteiger partial charge is 0.322 e. The number of thiazole rings is 1. The van der Waals surface area contributed by atoms with Gasteiger partial charge in [-0.1, -0.05) is 23.7 Å². The fourth-order valence-electron chi connectivity index (χ4n) is 2.48. The van der Waals surface area contributed by atoms with Crippen molar-refractivity contribution >= 4 is 44.7 Å². The van der Waals surface area contributed by atoms with Crippen molar-refractivity contribution in [1.82, 2.24) is 4.98 Å². The third-order valence-electron chi connectivity index (χ3n) is 4.06. The van der Waals surface area contributed by atoms with Gasteiger partial charge in [0, 0.05) is 5.02 Å².